The molecule has 10 heteroatoms. The van der Waals surface area contributed by atoms with Gasteiger partial charge in [-0.2, -0.15) is 4.80 Å². The minimum atomic E-state index is -0.421. The third-order valence-corrected chi connectivity index (χ3v) is 6.06. The largest absolute Gasteiger partial charge is 0.497 e. The van der Waals surface area contributed by atoms with Gasteiger partial charge in [0.25, 0.3) is 5.91 Å². The number of aryl methyl sites for hydroxylation is 1. The normalized spacial score (nSPS) is 10.8. The number of unbranched alkanes of at least 4 members (excludes halogenated alkanes) is 1. The molecular formula is C26H26ClN5O3S. The third-order valence-electron chi connectivity index (χ3n) is 5.54. The number of halogens is 1. The number of benzene rings is 3. The number of methoxy groups -OCH3 is 2. The number of anilines is 1. The van der Waals surface area contributed by atoms with E-state index in [0.29, 0.717) is 38.8 Å². The molecule has 36 heavy (non-hydrogen) atoms. The molecule has 4 aromatic rings. The van der Waals surface area contributed by atoms with Crippen LogP contribution in [0.15, 0.2) is 54.6 Å². The highest BCUT2D eigenvalue weighted by molar-refractivity contribution is 7.80. The molecule has 0 aliphatic heterocycles. The van der Waals surface area contributed by atoms with E-state index in [-0.39, 0.29) is 5.11 Å². The predicted molar refractivity (Wildman–Crippen MR) is 146 cm³/mol. The van der Waals surface area contributed by atoms with Gasteiger partial charge in [-0.3, -0.25) is 10.1 Å². The number of hydrogen-bond acceptors (Lipinski definition) is 6. The Bertz CT molecular complexity index is 1380. The van der Waals surface area contributed by atoms with E-state index in [2.05, 4.69) is 39.9 Å². The van der Waals surface area contributed by atoms with Crippen molar-refractivity contribution in [3.05, 3.63) is 70.7 Å². The van der Waals surface area contributed by atoms with Crippen LogP contribution in [-0.2, 0) is 6.42 Å². The van der Waals surface area contributed by atoms with Crippen molar-refractivity contribution in [2.24, 2.45) is 0 Å². The maximum absolute atomic E-state index is 12.7. The average Bonchev–Trinajstić information content (AvgIpc) is 3.30. The molecule has 0 unspecified atom stereocenters. The number of ether oxygens (including phenoxy) is 2. The van der Waals surface area contributed by atoms with E-state index in [9.17, 15) is 4.79 Å². The van der Waals surface area contributed by atoms with Crippen LogP contribution in [0.25, 0.3) is 16.7 Å². The quantitative estimate of drug-likeness (QED) is 0.292. The lowest BCUT2D eigenvalue weighted by Gasteiger charge is -2.12. The van der Waals surface area contributed by atoms with Crippen molar-refractivity contribution in [1.82, 2.24) is 20.3 Å². The van der Waals surface area contributed by atoms with Gasteiger partial charge in [0.1, 0.15) is 22.5 Å². The molecular weight excluding hydrogens is 498 g/mol. The van der Waals surface area contributed by atoms with E-state index < -0.39 is 5.91 Å². The number of aromatic nitrogens is 3. The van der Waals surface area contributed by atoms with Crippen LogP contribution in [0.5, 0.6) is 11.5 Å². The number of nitrogens with one attached hydrogen (secondary N) is 2. The van der Waals surface area contributed by atoms with E-state index in [1.807, 2.05) is 12.1 Å². The molecule has 0 radical (unpaired) electrons. The van der Waals surface area contributed by atoms with Crippen molar-refractivity contribution >= 4 is 51.6 Å². The maximum Gasteiger partial charge on any atom is 0.257 e. The summed E-state index contributed by atoms with van der Waals surface area (Å²) in [6.45, 7) is 2.18. The van der Waals surface area contributed by atoms with Crippen LogP contribution in [0, 0.1) is 0 Å². The molecule has 3 aromatic carbocycles. The Balaban J connectivity index is 1.48. The molecule has 0 fully saturated rings. The summed E-state index contributed by atoms with van der Waals surface area (Å²) < 4.78 is 10.4. The molecule has 0 spiro atoms. The fourth-order valence-electron chi connectivity index (χ4n) is 3.59. The van der Waals surface area contributed by atoms with Gasteiger partial charge in [0.05, 0.1) is 30.6 Å². The molecule has 0 aliphatic rings. The van der Waals surface area contributed by atoms with Gasteiger partial charge in [-0.15, -0.1) is 10.2 Å². The Morgan fingerprint density at radius 2 is 1.64 bits per heavy atom. The fourth-order valence-corrected chi connectivity index (χ4v) is 4.00. The van der Waals surface area contributed by atoms with Crippen molar-refractivity contribution in [3.63, 3.8) is 0 Å². The molecule has 0 bridgehead atoms. The van der Waals surface area contributed by atoms with Crippen molar-refractivity contribution in [1.29, 1.82) is 0 Å². The van der Waals surface area contributed by atoms with Crippen LogP contribution in [0.3, 0.4) is 0 Å². The monoisotopic (exact) mass is 523 g/mol. The predicted octanol–water partition coefficient (Wildman–Crippen LogP) is 5.56. The lowest BCUT2D eigenvalue weighted by Crippen LogP contribution is -2.34. The molecule has 0 saturated carbocycles. The van der Waals surface area contributed by atoms with Crippen molar-refractivity contribution < 1.29 is 14.3 Å². The minimum absolute atomic E-state index is 0.0816. The van der Waals surface area contributed by atoms with Crippen molar-refractivity contribution in [2.45, 2.75) is 26.2 Å². The Labute approximate surface area is 219 Å². The van der Waals surface area contributed by atoms with Gasteiger partial charge in [-0.1, -0.05) is 37.1 Å². The molecule has 0 aliphatic carbocycles. The van der Waals surface area contributed by atoms with Crippen LogP contribution in [-0.4, -0.2) is 40.2 Å². The topological polar surface area (TPSA) is 90.3 Å². The van der Waals surface area contributed by atoms with E-state index in [4.69, 9.17) is 33.3 Å². The number of rotatable bonds is 8. The lowest BCUT2D eigenvalue weighted by molar-refractivity contribution is 0.0977. The molecule has 8 nitrogen and oxygen atoms in total. The second kappa shape index (κ2) is 11.4. The number of fused-ring (bicyclic) bond motifs is 1. The highest BCUT2D eigenvalue weighted by Crippen LogP contribution is 2.27. The first kappa shape index (κ1) is 25.4. The van der Waals surface area contributed by atoms with Gasteiger partial charge in [-0.25, -0.2) is 0 Å². The Kier molecular flexibility index (Phi) is 8.02. The van der Waals surface area contributed by atoms with Crippen molar-refractivity contribution in [3.8, 4) is 17.2 Å². The fraction of sp³-hybridized carbons (Fsp3) is 0.231. The van der Waals surface area contributed by atoms with Crippen LogP contribution >= 0.6 is 23.8 Å². The molecule has 1 heterocycles. The maximum atomic E-state index is 12.7. The standard InChI is InChI=1S/C26H26ClN5O3S/c1-4-5-6-16-7-9-18(10-8-16)32-30-23-14-21(27)22(15-24(23)31-32)28-26(36)29-25(33)17-11-19(34-2)13-20(12-17)35-3/h7-15H,4-6H2,1-3H3,(H2,28,29,33,36). The van der Waals surface area contributed by atoms with E-state index in [0.717, 1.165) is 24.9 Å². The molecule has 0 saturated heterocycles. The first-order valence-electron chi connectivity index (χ1n) is 11.4. The summed E-state index contributed by atoms with van der Waals surface area (Å²) in [5.41, 5.74) is 4.24. The van der Waals surface area contributed by atoms with Crippen LogP contribution in [0.4, 0.5) is 5.69 Å². The summed E-state index contributed by atoms with van der Waals surface area (Å²) in [6, 6.07) is 16.5. The number of thiocarbonyl (C=S) groups is 1. The number of nitrogens with zero attached hydrogens (tertiary/aromatic N) is 3. The summed E-state index contributed by atoms with van der Waals surface area (Å²) >= 11 is 11.8. The molecule has 186 valence electrons. The summed E-state index contributed by atoms with van der Waals surface area (Å²) in [5, 5.41) is 15.2. The number of carbonyl (C=O) groups excluding carboxylic acids is 1. The molecule has 0 atom stereocenters. The van der Waals surface area contributed by atoms with Gasteiger partial charge in [0.15, 0.2) is 5.11 Å². The lowest BCUT2D eigenvalue weighted by atomic mass is 10.1. The smallest absolute Gasteiger partial charge is 0.257 e. The molecule has 4 rings (SSSR count). The highest BCUT2D eigenvalue weighted by atomic mass is 35.5. The third kappa shape index (κ3) is 5.92. The van der Waals surface area contributed by atoms with E-state index in [1.54, 1.807) is 35.1 Å². The summed E-state index contributed by atoms with van der Waals surface area (Å²) in [4.78, 5) is 14.3. The van der Waals surface area contributed by atoms with Gasteiger partial charge < -0.3 is 14.8 Å². The Morgan fingerprint density at radius 3 is 2.25 bits per heavy atom. The molecule has 1 aromatic heterocycles. The van der Waals surface area contributed by atoms with E-state index >= 15 is 0 Å². The first-order valence-corrected chi connectivity index (χ1v) is 12.2. The molecule has 1 amide bonds. The van der Waals surface area contributed by atoms with Crippen LogP contribution in [0.2, 0.25) is 5.02 Å². The number of hydrogen-bond donors (Lipinski definition) is 2. The summed E-state index contributed by atoms with van der Waals surface area (Å²) in [6.07, 6.45) is 3.37. The molecule has 2 N–H and O–H groups in total. The zero-order chi connectivity index (χ0) is 25.7. The second-order valence-corrected chi connectivity index (χ2v) is 8.91. The van der Waals surface area contributed by atoms with Gasteiger partial charge in [-0.05, 0) is 67.0 Å². The van der Waals surface area contributed by atoms with Gasteiger partial charge in [0.2, 0.25) is 0 Å². The van der Waals surface area contributed by atoms with Crippen molar-refractivity contribution in [2.75, 3.05) is 19.5 Å². The Morgan fingerprint density at radius 1 is 1.00 bits per heavy atom. The second-order valence-electron chi connectivity index (χ2n) is 8.09. The SMILES string of the molecule is CCCCc1ccc(-n2nc3cc(Cl)c(NC(=S)NC(=O)c4cc(OC)cc(OC)c4)cc3n2)cc1. The van der Waals surface area contributed by atoms with Crippen LogP contribution < -0.4 is 20.1 Å². The number of carbonyl (C=O) groups is 1. The minimum Gasteiger partial charge on any atom is -0.497 e. The first-order chi connectivity index (χ1) is 17.4. The zero-order valence-electron chi connectivity index (χ0n) is 20.2. The zero-order valence-corrected chi connectivity index (χ0v) is 21.7. The highest BCUT2D eigenvalue weighted by Gasteiger charge is 2.14. The van der Waals surface area contributed by atoms with Crippen LogP contribution in [0.1, 0.15) is 35.7 Å². The van der Waals surface area contributed by atoms with E-state index in [1.165, 1.54) is 19.8 Å². The Hall–Kier alpha value is -3.69. The summed E-state index contributed by atoms with van der Waals surface area (Å²) in [5.74, 6) is 0.561. The average molecular weight is 524 g/mol. The number of amides is 1. The van der Waals surface area contributed by atoms with Gasteiger partial charge in [0, 0.05) is 11.6 Å². The summed E-state index contributed by atoms with van der Waals surface area (Å²) in [7, 11) is 3.03. The van der Waals surface area contributed by atoms with Gasteiger partial charge >= 0.3 is 0 Å².